The van der Waals surface area contributed by atoms with E-state index in [-0.39, 0.29) is 17.2 Å². The van der Waals surface area contributed by atoms with Crippen LogP contribution in [0.5, 0.6) is 0 Å². The highest BCUT2D eigenvalue weighted by molar-refractivity contribution is 5.99. The number of aliphatic hydroxyl groups excluding tert-OH is 1. The van der Waals surface area contributed by atoms with Crippen molar-refractivity contribution in [1.29, 1.82) is 0 Å². The Hall–Kier alpha value is -3.41. The molecule has 12 heteroatoms. The second kappa shape index (κ2) is 8.26. The van der Waals surface area contributed by atoms with Gasteiger partial charge in [-0.15, -0.1) is 0 Å². The molecular formula is C20H28N8O4. The van der Waals surface area contributed by atoms with Crippen molar-refractivity contribution in [1.82, 2.24) is 33.1 Å². The number of rotatable bonds is 7. The van der Waals surface area contributed by atoms with Crippen molar-refractivity contribution in [3.05, 3.63) is 39.2 Å². The van der Waals surface area contributed by atoms with Crippen LogP contribution in [0.1, 0.15) is 36.2 Å². The molecule has 0 spiro atoms. The van der Waals surface area contributed by atoms with Crippen LogP contribution < -0.4 is 16.1 Å². The summed E-state index contributed by atoms with van der Waals surface area (Å²) in [5.41, 5.74) is 0.600. The molecule has 1 amide bonds. The number of imidazole rings is 2. The van der Waals surface area contributed by atoms with Gasteiger partial charge in [0, 0.05) is 41.3 Å². The zero-order chi connectivity index (χ0) is 23.2. The number of hydrogen-bond acceptors (Lipinski definition) is 7. The van der Waals surface area contributed by atoms with E-state index in [1.807, 2.05) is 4.57 Å². The van der Waals surface area contributed by atoms with Crippen molar-refractivity contribution in [2.75, 3.05) is 19.0 Å². The Morgan fingerprint density at radius 3 is 2.16 bits per heavy atom. The minimum absolute atomic E-state index is 0.244. The molecule has 1 N–H and O–H groups in total. The first kappa shape index (κ1) is 21.8. The van der Waals surface area contributed by atoms with E-state index < -0.39 is 6.35 Å². The SMILES string of the molecule is CN1C(=O)c2c(ncn2CCCCCCn2cnc3c2c(=O)n(C)c(=O)n3C)N(C)C1O. The van der Waals surface area contributed by atoms with E-state index in [0.29, 0.717) is 35.8 Å². The highest BCUT2D eigenvalue weighted by Gasteiger charge is 2.36. The molecule has 0 aromatic carbocycles. The van der Waals surface area contributed by atoms with Gasteiger partial charge in [-0.05, 0) is 12.8 Å². The fourth-order valence-corrected chi connectivity index (χ4v) is 4.14. The van der Waals surface area contributed by atoms with Crippen LogP contribution >= 0.6 is 0 Å². The zero-order valence-corrected chi connectivity index (χ0v) is 18.7. The molecule has 0 bridgehead atoms. The van der Waals surface area contributed by atoms with E-state index in [0.717, 1.165) is 30.3 Å². The van der Waals surface area contributed by atoms with Gasteiger partial charge in [0.2, 0.25) is 6.35 Å². The van der Waals surface area contributed by atoms with Gasteiger partial charge in [-0.2, -0.15) is 0 Å². The summed E-state index contributed by atoms with van der Waals surface area (Å²) in [7, 11) is 6.35. The van der Waals surface area contributed by atoms with Crippen molar-refractivity contribution in [2.24, 2.45) is 14.1 Å². The number of aromatic nitrogens is 6. The summed E-state index contributed by atoms with van der Waals surface area (Å²) in [5, 5.41) is 10.1. The molecule has 1 aliphatic heterocycles. The molecule has 1 aliphatic rings. The summed E-state index contributed by atoms with van der Waals surface area (Å²) < 4.78 is 6.12. The van der Waals surface area contributed by atoms with Gasteiger partial charge in [0.05, 0.1) is 12.7 Å². The molecule has 4 heterocycles. The van der Waals surface area contributed by atoms with Crippen LogP contribution in [0.4, 0.5) is 5.82 Å². The molecule has 172 valence electrons. The molecule has 0 fully saturated rings. The normalized spacial score (nSPS) is 16.3. The molecule has 12 nitrogen and oxygen atoms in total. The first-order chi connectivity index (χ1) is 15.2. The third kappa shape index (κ3) is 3.40. The molecular weight excluding hydrogens is 416 g/mol. The van der Waals surface area contributed by atoms with Crippen molar-refractivity contribution >= 4 is 22.9 Å². The summed E-state index contributed by atoms with van der Waals surface area (Å²) in [6.45, 7) is 1.29. The summed E-state index contributed by atoms with van der Waals surface area (Å²) in [6.07, 6.45) is 5.84. The number of amides is 1. The van der Waals surface area contributed by atoms with Gasteiger partial charge in [0.1, 0.15) is 0 Å². The van der Waals surface area contributed by atoms with Crippen molar-refractivity contribution in [3.8, 4) is 0 Å². The molecule has 1 atom stereocenters. The fourth-order valence-electron chi connectivity index (χ4n) is 4.14. The monoisotopic (exact) mass is 444 g/mol. The minimum atomic E-state index is -1.02. The summed E-state index contributed by atoms with van der Waals surface area (Å²) in [6, 6.07) is 0. The zero-order valence-electron chi connectivity index (χ0n) is 18.7. The Morgan fingerprint density at radius 2 is 1.47 bits per heavy atom. The minimum Gasteiger partial charge on any atom is -0.356 e. The summed E-state index contributed by atoms with van der Waals surface area (Å²) in [5.74, 6) is 0.245. The summed E-state index contributed by atoms with van der Waals surface area (Å²) >= 11 is 0. The Labute approximate surface area is 183 Å². The third-order valence-electron chi connectivity index (χ3n) is 6.13. The van der Waals surface area contributed by atoms with E-state index in [9.17, 15) is 19.5 Å². The predicted octanol–water partition coefficient (Wildman–Crippen LogP) is -0.311. The van der Waals surface area contributed by atoms with E-state index in [4.69, 9.17) is 0 Å². The predicted molar refractivity (Wildman–Crippen MR) is 117 cm³/mol. The van der Waals surface area contributed by atoms with Gasteiger partial charge < -0.3 is 19.1 Å². The number of carbonyl (C=O) groups excluding carboxylic acids is 1. The van der Waals surface area contributed by atoms with Gasteiger partial charge in [-0.25, -0.2) is 14.8 Å². The molecule has 0 radical (unpaired) electrons. The lowest BCUT2D eigenvalue weighted by atomic mass is 10.2. The highest BCUT2D eigenvalue weighted by atomic mass is 16.3. The summed E-state index contributed by atoms with van der Waals surface area (Å²) in [4.78, 5) is 48.5. The van der Waals surface area contributed by atoms with E-state index in [1.54, 1.807) is 43.3 Å². The number of unbranched alkanes of at least 4 members (excludes halogenated alkanes) is 3. The van der Waals surface area contributed by atoms with Crippen molar-refractivity contribution < 1.29 is 9.90 Å². The van der Waals surface area contributed by atoms with Gasteiger partial charge in [-0.3, -0.25) is 23.6 Å². The Kier molecular flexibility index (Phi) is 5.63. The maximum Gasteiger partial charge on any atom is 0.332 e. The largest absolute Gasteiger partial charge is 0.356 e. The van der Waals surface area contributed by atoms with E-state index >= 15 is 0 Å². The van der Waals surface area contributed by atoms with Crippen LogP contribution in [0.25, 0.3) is 11.2 Å². The van der Waals surface area contributed by atoms with E-state index in [1.165, 1.54) is 16.5 Å². The van der Waals surface area contributed by atoms with Crippen molar-refractivity contribution in [3.63, 3.8) is 0 Å². The third-order valence-corrected chi connectivity index (χ3v) is 6.13. The lowest BCUT2D eigenvalue weighted by Crippen LogP contribution is -2.52. The first-order valence-corrected chi connectivity index (χ1v) is 10.6. The number of carbonyl (C=O) groups is 1. The number of aliphatic hydroxyl groups is 1. The Bertz CT molecular complexity index is 1280. The molecule has 1 unspecified atom stereocenters. The van der Waals surface area contributed by atoms with E-state index in [2.05, 4.69) is 9.97 Å². The number of nitrogens with zero attached hydrogens (tertiary/aromatic N) is 8. The molecule has 0 saturated heterocycles. The molecule has 0 saturated carbocycles. The standard InChI is InChI=1S/C20H28N8O4/c1-23-15-13(17(29)25(3)19(23)31)27(11-21-15)9-7-5-6-8-10-28-12-22-16-14(28)18(30)26(4)20(32)24(16)2/h11-12,19,31H,5-10H2,1-4H3. The average molecular weight is 444 g/mol. The maximum atomic E-state index is 12.5. The smallest absolute Gasteiger partial charge is 0.332 e. The number of hydrogen-bond donors (Lipinski definition) is 1. The van der Waals surface area contributed by atoms with Crippen LogP contribution in [0, 0.1) is 0 Å². The topological polar surface area (TPSA) is 123 Å². The van der Waals surface area contributed by atoms with Gasteiger partial charge in [0.15, 0.2) is 22.7 Å². The van der Waals surface area contributed by atoms with Crippen molar-refractivity contribution in [2.45, 2.75) is 45.1 Å². The Balaban J connectivity index is 1.34. The van der Waals surface area contributed by atoms with Crippen LogP contribution in [0.15, 0.2) is 22.2 Å². The molecule has 3 aromatic heterocycles. The average Bonchev–Trinajstić information content (AvgIpc) is 3.40. The van der Waals surface area contributed by atoms with Gasteiger partial charge >= 0.3 is 5.69 Å². The lowest BCUT2D eigenvalue weighted by Gasteiger charge is -2.36. The van der Waals surface area contributed by atoms with Gasteiger partial charge in [0.25, 0.3) is 11.5 Å². The number of aryl methyl sites for hydroxylation is 3. The second-order valence-electron chi connectivity index (χ2n) is 8.21. The molecule has 3 aromatic rings. The van der Waals surface area contributed by atoms with Crippen LogP contribution in [0.3, 0.4) is 0 Å². The highest BCUT2D eigenvalue weighted by Crippen LogP contribution is 2.27. The quantitative estimate of drug-likeness (QED) is 0.496. The van der Waals surface area contributed by atoms with Crippen LogP contribution in [0.2, 0.25) is 0 Å². The fraction of sp³-hybridized carbons (Fsp3) is 0.550. The second-order valence-corrected chi connectivity index (χ2v) is 8.21. The van der Waals surface area contributed by atoms with Crippen LogP contribution in [-0.2, 0) is 27.2 Å². The molecule has 4 rings (SSSR count). The molecule has 0 aliphatic carbocycles. The first-order valence-electron chi connectivity index (χ1n) is 10.6. The van der Waals surface area contributed by atoms with Gasteiger partial charge in [-0.1, -0.05) is 12.8 Å². The maximum absolute atomic E-state index is 12.5. The number of fused-ring (bicyclic) bond motifs is 2. The lowest BCUT2D eigenvalue weighted by molar-refractivity contribution is 0.0152. The molecule has 32 heavy (non-hydrogen) atoms. The number of anilines is 1. The Morgan fingerprint density at radius 1 is 0.844 bits per heavy atom. The van der Waals surface area contributed by atoms with Crippen LogP contribution in [-0.4, -0.2) is 64.6 Å².